The van der Waals surface area contributed by atoms with Gasteiger partial charge in [-0.3, -0.25) is 14.5 Å². The van der Waals surface area contributed by atoms with Gasteiger partial charge in [0.15, 0.2) is 5.13 Å². The highest BCUT2D eigenvalue weighted by Crippen LogP contribution is 2.44. The average Bonchev–Trinajstić information content (AvgIpc) is 3.37. The lowest BCUT2D eigenvalue weighted by Crippen LogP contribution is -2.29. The molecule has 3 aromatic carbocycles. The minimum absolute atomic E-state index is 0.0341. The number of anilines is 1. The van der Waals surface area contributed by atoms with E-state index in [1.54, 1.807) is 31.4 Å². The Morgan fingerprint density at radius 2 is 1.76 bits per heavy atom. The molecule has 1 amide bonds. The van der Waals surface area contributed by atoms with Crippen molar-refractivity contribution in [1.29, 1.82) is 0 Å². The van der Waals surface area contributed by atoms with Crippen molar-refractivity contribution >= 4 is 44.1 Å². The highest BCUT2D eigenvalue weighted by atomic mass is 32.1. The first-order valence-corrected chi connectivity index (χ1v) is 11.2. The molecule has 1 aromatic heterocycles. The Hall–Kier alpha value is -3.97. The van der Waals surface area contributed by atoms with Crippen LogP contribution in [0, 0.1) is 6.92 Å². The summed E-state index contributed by atoms with van der Waals surface area (Å²) in [5.41, 5.74) is 3.01. The van der Waals surface area contributed by atoms with Gasteiger partial charge in [0.05, 0.1) is 28.9 Å². The Balaban J connectivity index is 1.70. The van der Waals surface area contributed by atoms with E-state index >= 15 is 0 Å². The minimum Gasteiger partial charge on any atom is -0.507 e. The molecule has 1 aliphatic rings. The molecule has 0 aliphatic carbocycles. The number of methoxy groups -OCH3 is 1. The number of thiazole rings is 1. The van der Waals surface area contributed by atoms with E-state index in [2.05, 4.69) is 4.98 Å². The van der Waals surface area contributed by atoms with E-state index in [4.69, 9.17) is 4.74 Å². The predicted octanol–water partition coefficient (Wildman–Crippen LogP) is 5.24. The zero-order valence-corrected chi connectivity index (χ0v) is 18.8. The van der Waals surface area contributed by atoms with Gasteiger partial charge in [-0.15, -0.1) is 0 Å². The summed E-state index contributed by atoms with van der Waals surface area (Å²) < 4.78 is 6.11. The van der Waals surface area contributed by atoms with Crippen molar-refractivity contribution in [2.45, 2.75) is 13.0 Å². The summed E-state index contributed by atoms with van der Waals surface area (Å²) in [6.07, 6.45) is 0. The quantitative estimate of drug-likeness (QED) is 0.258. The molecule has 1 N–H and O–H groups in total. The number of amides is 1. The van der Waals surface area contributed by atoms with Gasteiger partial charge in [0.1, 0.15) is 11.5 Å². The van der Waals surface area contributed by atoms with Crippen molar-refractivity contribution in [3.05, 3.63) is 95.1 Å². The number of fused-ring (bicyclic) bond motifs is 1. The maximum atomic E-state index is 13.3. The van der Waals surface area contributed by atoms with E-state index in [1.165, 1.54) is 16.2 Å². The van der Waals surface area contributed by atoms with Gasteiger partial charge >= 0.3 is 5.91 Å². The van der Waals surface area contributed by atoms with Crippen LogP contribution in [0.5, 0.6) is 5.75 Å². The number of aromatic nitrogens is 1. The van der Waals surface area contributed by atoms with Crippen LogP contribution >= 0.6 is 11.3 Å². The van der Waals surface area contributed by atoms with Crippen LogP contribution in [0.15, 0.2) is 78.4 Å². The van der Waals surface area contributed by atoms with Crippen molar-refractivity contribution in [2.75, 3.05) is 12.0 Å². The van der Waals surface area contributed by atoms with Crippen LogP contribution < -0.4 is 9.64 Å². The number of aliphatic hydroxyl groups excluding tert-OH is 1. The van der Waals surface area contributed by atoms with Crippen LogP contribution in [0.1, 0.15) is 22.7 Å². The molecule has 1 unspecified atom stereocenters. The SMILES string of the molecule is COc1ccc(C(O)=C2C(=O)C(=O)N(c3nc4ccc(C)cc4s3)C2c2ccccc2)cc1. The second-order valence-corrected chi connectivity index (χ2v) is 8.79. The number of rotatable bonds is 4. The fourth-order valence-corrected chi connectivity index (χ4v) is 5.10. The Kier molecular flexibility index (Phi) is 5.18. The van der Waals surface area contributed by atoms with Crippen LogP contribution in [-0.2, 0) is 9.59 Å². The average molecular weight is 457 g/mol. The number of aliphatic hydroxyl groups is 1. The normalized spacial score (nSPS) is 17.6. The molecule has 0 saturated carbocycles. The number of hydrogen-bond acceptors (Lipinski definition) is 6. The Bertz CT molecular complexity index is 1410. The molecule has 6 nitrogen and oxygen atoms in total. The topological polar surface area (TPSA) is 79.7 Å². The molecule has 5 rings (SSSR count). The monoisotopic (exact) mass is 456 g/mol. The van der Waals surface area contributed by atoms with Crippen LogP contribution in [0.2, 0.25) is 0 Å². The second-order valence-electron chi connectivity index (χ2n) is 7.78. The van der Waals surface area contributed by atoms with E-state index < -0.39 is 17.7 Å². The summed E-state index contributed by atoms with van der Waals surface area (Å²) in [4.78, 5) is 32.5. The summed E-state index contributed by atoms with van der Waals surface area (Å²) in [6.45, 7) is 1.99. The summed E-state index contributed by atoms with van der Waals surface area (Å²) in [6, 6.07) is 21.0. The first-order valence-electron chi connectivity index (χ1n) is 10.4. The second kappa shape index (κ2) is 8.18. The molecule has 1 aliphatic heterocycles. The fourth-order valence-electron chi connectivity index (χ4n) is 4.01. The molecule has 0 radical (unpaired) electrons. The van der Waals surface area contributed by atoms with E-state index in [0.717, 1.165) is 15.8 Å². The van der Waals surface area contributed by atoms with Crippen molar-refractivity contribution in [2.24, 2.45) is 0 Å². The molecule has 33 heavy (non-hydrogen) atoms. The van der Waals surface area contributed by atoms with E-state index in [0.29, 0.717) is 22.0 Å². The molecular weight excluding hydrogens is 436 g/mol. The lowest BCUT2D eigenvalue weighted by molar-refractivity contribution is -0.132. The third-order valence-corrected chi connectivity index (χ3v) is 6.68. The predicted molar refractivity (Wildman–Crippen MR) is 129 cm³/mol. The summed E-state index contributed by atoms with van der Waals surface area (Å²) in [7, 11) is 1.55. The van der Waals surface area contributed by atoms with E-state index in [-0.39, 0.29) is 11.3 Å². The van der Waals surface area contributed by atoms with Gasteiger partial charge in [0, 0.05) is 5.56 Å². The van der Waals surface area contributed by atoms with Crippen molar-refractivity contribution < 1.29 is 19.4 Å². The lowest BCUT2D eigenvalue weighted by Gasteiger charge is -2.22. The van der Waals surface area contributed by atoms with Gasteiger partial charge in [0.25, 0.3) is 5.78 Å². The Morgan fingerprint density at radius 3 is 2.45 bits per heavy atom. The highest BCUT2D eigenvalue weighted by Gasteiger charge is 2.48. The third-order valence-electron chi connectivity index (χ3n) is 5.66. The van der Waals surface area contributed by atoms with Crippen molar-refractivity contribution in [3.8, 4) is 5.75 Å². The number of aryl methyl sites for hydroxylation is 1. The summed E-state index contributed by atoms with van der Waals surface area (Å²) in [5.74, 6) is -1.07. The van der Waals surface area contributed by atoms with E-state index in [9.17, 15) is 14.7 Å². The van der Waals surface area contributed by atoms with Crippen LogP contribution in [-0.4, -0.2) is 28.9 Å². The van der Waals surface area contributed by atoms with Crippen molar-refractivity contribution in [3.63, 3.8) is 0 Å². The number of ketones is 1. The van der Waals surface area contributed by atoms with Gasteiger partial charge in [0.2, 0.25) is 0 Å². The molecule has 2 heterocycles. The largest absolute Gasteiger partial charge is 0.507 e. The summed E-state index contributed by atoms with van der Waals surface area (Å²) >= 11 is 1.35. The first kappa shape index (κ1) is 20.9. The lowest BCUT2D eigenvalue weighted by atomic mass is 9.95. The molecule has 1 saturated heterocycles. The maximum absolute atomic E-state index is 13.3. The summed E-state index contributed by atoms with van der Waals surface area (Å²) in [5, 5.41) is 11.6. The number of hydrogen-bond donors (Lipinski definition) is 1. The van der Waals surface area contributed by atoms with Gasteiger partial charge < -0.3 is 9.84 Å². The van der Waals surface area contributed by atoms with Crippen LogP contribution in [0.3, 0.4) is 0 Å². The molecular formula is C26H20N2O4S. The highest BCUT2D eigenvalue weighted by molar-refractivity contribution is 7.22. The molecule has 1 atom stereocenters. The van der Waals surface area contributed by atoms with Crippen molar-refractivity contribution in [1.82, 2.24) is 4.98 Å². The van der Waals surface area contributed by atoms with E-state index in [1.807, 2.05) is 55.5 Å². The first-order chi connectivity index (χ1) is 16.0. The van der Waals surface area contributed by atoms with Gasteiger partial charge in [-0.2, -0.15) is 0 Å². The minimum atomic E-state index is -0.796. The van der Waals surface area contributed by atoms with Gasteiger partial charge in [-0.1, -0.05) is 47.7 Å². The number of benzene rings is 3. The molecule has 0 spiro atoms. The Labute approximate surface area is 194 Å². The maximum Gasteiger partial charge on any atom is 0.301 e. The van der Waals surface area contributed by atoms with Crippen LogP contribution in [0.4, 0.5) is 5.13 Å². The zero-order chi connectivity index (χ0) is 23.1. The molecule has 0 bridgehead atoms. The molecule has 164 valence electrons. The standard InChI is InChI=1S/C26H20N2O4S/c1-15-8-13-19-20(14-15)33-26(27-19)28-22(16-6-4-3-5-7-16)21(24(30)25(28)31)23(29)17-9-11-18(32-2)12-10-17/h3-14,22,29H,1-2H3. The number of ether oxygens (including phenoxy) is 1. The number of nitrogens with zero attached hydrogens (tertiary/aromatic N) is 2. The smallest absolute Gasteiger partial charge is 0.301 e. The van der Waals surface area contributed by atoms with Gasteiger partial charge in [-0.05, 0) is 54.4 Å². The molecule has 4 aromatic rings. The number of carbonyl (C=O) groups excluding carboxylic acids is 2. The molecule has 7 heteroatoms. The number of carbonyl (C=O) groups is 2. The molecule has 1 fully saturated rings. The fraction of sp³-hybridized carbons (Fsp3) is 0.115. The zero-order valence-electron chi connectivity index (χ0n) is 18.0. The third kappa shape index (κ3) is 3.56. The number of Topliss-reactive ketones (excluding diaryl/α,β-unsaturated/α-hetero) is 1. The van der Waals surface area contributed by atoms with Crippen LogP contribution in [0.25, 0.3) is 16.0 Å². The van der Waals surface area contributed by atoms with Gasteiger partial charge in [-0.25, -0.2) is 4.98 Å². The Morgan fingerprint density at radius 1 is 1.03 bits per heavy atom.